The van der Waals surface area contributed by atoms with Gasteiger partial charge in [-0.1, -0.05) is 30.3 Å². The van der Waals surface area contributed by atoms with E-state index in [1.54, 1.807) is 6.92 Å². The van der Waals surface area contributed by atoms with Gasteiger partial charge in [0.1, 0.15) is 6.61 Å². The molecule has 1 atom stereocenters. The zero-order valence-electron chi connectivity index (χ0n) is 10.2. The first-order valence-electron chi connectivity index (χ1n) is 5.59. The summed E-state index contributed by atoms with van der Waals surface area (Å²) in [7, 11) is 0. The van der Waals surface area contributed by atoms with Gasteiger partial charge in [-0.05, 0) is 5.56 Å². The lowest BCUT2D eigenvalue weighted by Gasteiger charge is -2.34. The smallest absolute Gasteiger partial charge is 0.254 e. The fourth-order valence-corrected chi connectivity index (χ4v) is 2.02. The summed E-state index contributed by atoms with van der Waals surface area (Å²) >= 11 is 0. The highest BCUT2D eigenvalue weighted by molar-refractivity contribution is 5.85. The first-order chi connectivity index (χ1) is 8.10. The molecule has 1 saturated heterocycles. The molecule has 0 radical (unpaired) electrons. The Hall–Kier alpha value is -1.17. The van der Waals surface area contributed by atoms with E-state index in [-0.39, 0.29) is 23.9 Å². The van der Waals surface area contributed by atoms with E-state index in [0.29, 0.717) is 19.8 Å². The Morgan fingerprint density at radius 2 is 2.11 bits per heavy atom. The standard InChI is InChI=1S/C12H16N2O3.ClH/c1-12(14(15)16)8-13(10-17-9-12)7-11-5-3-2-4-6-11;/h2-6H,7-10H2,1H3;1H. The van der Waals surface area contributed by atoms with Crippen molar-refractivity contribution < 1.29 is 9.66 Å². The highest BCUT2D eigenvalue weighted by Crippen LogP contribution is 2.19. The summed E-state index contributed by atoms with van der Waals surface area (Å²) in [5, 5.41) is 11.0. The van der Waals surface area contributed by atoms with Crippen LogP contribution in [0.15, 0.2) is 30.3 Å². The summed E-state index contributed by atoms with van der Waals surface area (Å²) in [5.41, 5.74) is 0.149. The summed E-state index contributed by atoms with van der Waals surface area (Å²) < 4.78 is 5.32. The van der Waals surface area contributed by atoms with Crippen molar-refractivity contribution in [3.8, 4) is 0 Å². The molecule has 0 N–H and O–H groups in total. The Kier molecular flexibility index (Phi) is 5.07. The number of rotatable bonds is 3. The summed E-state index contributed by atoms with van der Waals surface area (Å²) in [4.78, 5) is 12.7. The molecular formula is C12H17ClN2O3. The van der Waals surface area contributed by atoms with Gasteiger partial charge in [-0.15, -0.1) is 12.4 Å². The minimum Gasteiger partial charge on any atom is -0.359 e. The quantitative estimate of drug-likeness (QED) is 0.623. The number of hydrogen-bond acceptors (Lipinski definition) is 4. The van der Waals surface area contributed by atoms with Crippen molar-refractivity contribution in [1.29, 1.82) is 0 Å². The third-order valence-electron chi connectivity index (χ3n) is 2.94. The van der Waals surface area contributed by atoms with Gasteiger partial charge in [0.25, 0.3) is 5.54 Å². The predicted molar refractivity (Wildman–Crippen MR) is 70.3 cm³/mol. The average Bonchev–Trinajstić information content (AvgIpc) is 2.30. The van der Waals surface area contributed by atoms with E-state index in [1.165, 1.54) is 0 Å². The maximum absolute atomic E-state index is 11.0. The summed E-state index contributed by atoms with van der Waals surface area (Å²) in [6.45, 7) is 3.38. The van der Waals surface area contributed by atoms with Crippen LogP contribution >= 0.6 is 12.4 Å². The molecule has 0 saturated carbocycles. The molecule has 18 heavy (non-hydrogen) atoms. The lowest BCUT2D eigenvalue weighted by atomic mass is 10.0. The van der Waals surface area contributed by atoms with E-state index in [4.69, 9.17) is 4.74 Å². The van der Waals surface area contributed by atoms with Crippen molar-refractivity contribution >= 4 is 12.4 Å². The minimum absolute atomic E-state index is 0. The average molecular weight is 273 g/mol. The van der Waals surface area contributed by atoms with Crippen molar-refractivity contribution in [2.75, 3.05) is 19.9 Å². The molecule has 1 fully saturated rings. The van der Waals surface area contributed by atoms with Crippen LogP contribution in [0.25, 0.3) is 0 Å². The molecule has 1 unspecified atom stereocenters. The highest BCUT2D eigenvalue weighted by atomic mass is 35.5. The van der Waals surface area contributed by atoms with Gasteiger partial charge in [-0.2, -0.15) is 0 Å². The molecule has 100 valence electrons. The molecule has 1 aliphatic rings. The van der Waals surface area contributed by atoms with Crippen LogP contribution in [-0.2, 0) is 11.3 Å². The number of halogens is 1. The van der Waals surface area contributed by atoms with Gasteiger partial charge in [0.05, 0.1) is 13.3 Å². The van der Waals surface area contributed by atoms with E-state index >= 15 is 0 Å². The van der Waals surface area contributed by atoms with Gasteiger partial charge in [0.15, 0.2) is 0 Å². The second kappa shape index (κ2) is 6.13. The van der Waals surface area contributed by atoms with Crippen molar-refractivity contribution in [3.05, 3.63) is 46.0 Å². The third-order valence-corrected chi connectivity index (χ3v) is 2.94. The number of ether oxygens (including phenoxy) is 1. The lowest BCUT2D eigenvalue weighted by molar-refractivity contribution is -0.576. The van der Waals surface area contributed by atoms with Crippen LogP contribution < -0.4 is 0 Å². The Morgan fingerprint density at radius 1 is 1.44 bits per heavy atom. The third kappa shape index (κ3) is 3.41. The lowest BCUT2D eigenvalue weighted by Crippen LogP contribution is -2.54. The van der Waals surface area contributed by atoms with Crippen LogP contribution in [0.2, 0.25) is 0 Å². The van der Waals surface area contributed by atoms with Crippen molar-refractivity contribution in [3.63, 3.8) is 0 Å². The minimum atomic E-state index is -0.993. The van der Waals surface area contributed by atoms with Crippen LogP contribution in [0, 0.1) is 10.1 Å². The van der Waals surface area contributed by atoms with Gasteiger partial charge in [0, 0.05) is 18.4 Å². The SMILES string of the molecule is CC1([N+](=O)[O-])COCN(Cc2ccccc2)C1.Cl. The zero-order chi connectivity index (χ0) is 12.3. The van der Waals surface area contributed by atoms with E-state index in [2.05, 4.69) is 0 Å². The van der Waals surface area contributed by atoms with Crippen LogP contribution in [0.1, 0.15) is 12.5 Å². The first-order valence-corrected chi connectivity index (χ1v) is 5.59. The molecule has 0 spiro atoms. The first kappa shape index (κ1) is 14.9. The molecule has 6 heteroatoms. The molecular weight excluding hydrogens is 256 g/mol. The van der Waals surface area contributed by atoms with Crippen LogP contribution in [-0.4, -0.2) is 35.2 Å². The van der Waals surface area contributed by atoms with Gasteiger partial charge in [-0.25, -0.2) is 0 Å². The second-order valence-corrected chi connectivity index (χ2v) is 4.70. The van der Waals surface area contributed by atoms with Gasteiger partial charge >= 0.3 is 0 Å². The van der Waals surface area contributed by atoms with Crippen molar-refractivity contribution in [2.24, 2.45) is 0 Å². The molecule has 1 aromatic carbocycles. The predicted octanol–water partition coefficient (Wildman–Crippen LogP) is 1.93. The van der Waals surface area contributed by atoms with E-state index in [1.807, 2.05) is 35.2 Å². The van der Waals surface area contributed by atoms with Gasteiger partial charge in [-0.3, -0.25) is 15.0 Å². The second-order valence-electron chi connectivity index (χ2n) is 4.70. The number of hydrogen-bond donors (Lipinski definition) is 0. The molecule has 0 aliphatic carbocycles. The fraction of sp³-hybridized carbons (Fsp3) is 0.500. The van der Waals surface area contributed by atoms with Crippen LogP contribution in [0.4, 0.5) is 0 Å². The molecule has 0 aromatic heterocycles. The Labute approximate surface area is 112 Å². The summed E-state index contributed by atoms with van der Waals surface area (Å²) in [6, 6.07) is 9.91. The number of nitrogens with zero attached hydrogens (tertiary/aromatic N) is 2. The van der Waals surface area contributed by atoms with Gasteiger partial charge in [0.2, 0.25) is 0 Å². The molecule has 0 amide bonds. The normalized spacial score (nSPS) is 24.3. The zero-order valence-corrected chi connectivity index (χ0v) is 11.1. The fourth-order valence-electron chi connectivity index (χ4n) is 2.02. The molecule has 1 heterocycles. The van der Waals surface area contributed by atoms with Crippen molar-refractivity contribution in [1.82, 2.24) is 4.90 Å². The van der Waals surface area contributed by atoms with E-state index in [0.717, 1.165) is 5.56 Å². The van der Waals surface area contributed by atoms with E-state index < -0.39 is 5.54 Å². The Morgan fingerprint density at radius 3 is 2.72 bits per heavy atom. The maximum Gasteiger partial charge on any atom is 0.254 e. The summed E-state index contributed by atoms with van der Waals surface area (Å²) in [5.74, 6) is 0. The molecule has 0 bridgehead atoms. The Balaban J connectivity index is 0.00000162. The molecule has 1 aliphatic heterocycles. The number of nitro groups is 1. The summed E-state index contributed by atoms with van der Waals surface area (Å²) in [6.07, 6.45) is 0. The maximum atomic E-state index is 11.0. The Bertz CT molecular complexity index is 402. The van der Waals surface area contributed by atoms with Gasteiger partial charge < -0.3 is 4.74 Å². The molecule has 2 rings (SSSR count). The van der Waals surface area contributed by atoms with Crippen LogP contribution in [0.5, 0.6) is 0 Å². The van der Waals surface area contributed by atoms with Crippen LogP contribution in [0.3, 0.4) is 0 Å². The largest absolute Gasteiger partial charge is 0.359 e. The molecule has 5 nitrogen and oxygen atoms in total. The van der Waals surface area contributed by atoms with E-state index in [9.17, 15) is 10.1 Å². The highest BCUT2D eigenvalue weighted by Gasteiger charge is 2.42. The van der Waals surface area contributed by atoms with Crippen molar-refractivity contribution in [2.45, 2.75) is 19.0 Å². The molecule has 1 aromatic rings. The monoisotopic (exact) mass is 272 g/mol. The topological polar surface area (TPSA) is 55.6 Å². The number of benzene rings is 1.